The van der Waals surface area contributed by atoms with E-state index in [9.17, 15) is 4.79 Å². The predicted molar refractivity (Wildman–Crippen MR) is 76.2 cm³/mol. The van der Waals surface area contributed by atoms with E-state index in [-0.39, 0.29) is 11.9 Å². The summed E-state index contributed by atoms with van der Waals surface area (Å²) >= 11 is 4.86. The summed E-state index contributed by atoms with van der Waals surface area (Å²) in [6.07, 6.45) is 2.08. The summed E-state index contributed by atoms with van der Waals surface area (Å²) in [4.78, 5) is 12.1. The summed E-state index contributed by atoms with van der Waals surface area (Å²) in [6.45, 7) is 2.89. The highest BCUT2D eigenvalue weighted by molar-refractivity contribution is 9.11. The quantitative estimate of drug-likeness (QED) is 0.933. The van der Waals surface area contributed by atoms with Crippen molar-refractivity contribution in [3.8, 4) is 0 Å². The molecule has 3 heterocycles. The second-order valence-corrected chi connectivity index (χ2v) is 6.85. The van der Waals surface area contributed by atoms with Crippen molar-refractivity contribution in [3.63, 3.8) is 0 Å². The predicted octanol–water partition coefficient (Wildman–Crippen LogP) is 2.54. The summed E-state index contributed by atoms with van der Waals surface area (Å²) in [5, 5.41) is 13.1. The number of aryl methyl sites for hydroxylation is 1. The molecule has 0 saturated heterocycles. The van der Waals surface area contributed by atoms with E-state index < -0.39 is 0 Å². The first-order chi connectivity index (χ1) is 9.15. The molecule has 2 aromatic heterocycles. The molecule has 0 spiro atoms. The normalized spacial score (nSPS) is 15.3. The highest BCUT2D eigenvalue weighted by atomic mass is 79.9. The maximum Gasteiger partial charge on any atom is 0.252 e. The molecule has 0 fully saturated rings. The van der Waals surface area contributed by atoms with Gasteiger partial charge in [-0.1, -0.05) is 0 Å². The van der Waals surface area contributed by atoms with Crippen LogP contribution in [0.4, 0.5) is 0 Å². The second kappa shape index (κ2) is 5.05. The van der Waals surface area contributed by atoms with Gasteiger partial charge >= 0.3 is 0 Å². The molecule has 0 unspecified atom stereocenters. The van der Waals surface area contributed by atoms with Crippen LogP contribution in [-0.4, -0.2) is 20.7 Å². The van der Waals surface area contributed by atoms with Gasteiger partial charge in [-0.15, -0.1) is 21.5 Å². The Morgan fingerprint density at radius 3 is 3.16 bits per heavy atom. The van der Waals surface area contributed by atoms with E-state index in [0.29, 0.717) is 5.56 Å². The van der Waals surface area contributed by atoms with Gasteiger partial charge in [0.25, 0.3) is 5.91 Å². The minimum Gasteiger partial charge on any atom is -0.342 e. The van der Waals surface area contributed by atoms with Gasteiger partial charge in [0.2, 0.25) is 0 Å². The number of amides is 1. The summed E-state index contributed by atoms with van der Waals surface area (Å²) in [5.74, 6) is 1.79. The maximum absolute atomic E-state index is 12.1. The zero-order valence-corrected chi connectivity index (χ0v) is 12.8. The lowest BCUT2D eigenvalue weighted by molar-refractivity contribution is 0.0938. The minimum atomic E-state index is -0.134. The summed E-state index contributed by atoms with van der Waals surface area (Å²) < 4.78 is 3.06. The number of aromatic nitrogens is 3. The van der Waals surface area contributed by atoms with Crippen molar-refractivity contribution in [3.05, 3.63) is 32.4 Å². The molecule has 5 nitrogen and oxygen atoms in total. The van der Waals surface area contributed by atoms with Crippen LogP contribution in [0.3, 0.4) is 0 Å². The second-order valence-electron chi connectivity index (χ2n) is 4.56. The summed E-state index contributed by atoms with van der Waals surface area (Å²) in [7, 11) is 0. The maximum atomic E-state index is 12.1. The van der Waals surface area contributed by atoms with Crippen LogP contribution >= 0.6 is 27.3 Å². The van der Waals surface area contributed by atoms with Crippen molar-refractivity contribution < 1.29 is 4.79 Å². The number of nitrogens with zero attached hydrogens (tertiary/aromatic N) is 3. The highest BCUT2D eigenvalue weighted by Gasteiger charge is 2.22. The van der Waals surface area contributed by atoms with Gasteiger partial charge in [-0.2, -0.15) is 0 Å². The van der Waals surface area contributed by atoms with Crippen molar-refractivity contribution in [2.75, 3.05) is 0 Å². The van der Waals surface area contributed by atoms with Gasteiger partial charge in [-0.05, 0) is 35.3 Å². The lowest BCUT2D eigenvalue weighted by atomic mass is 10.2. The fourth-order valence-electron chi connectivity index (χ4n) is 2.27. The standard InChI is InChI=1S/C12H13BrN4OS/c1-7(11-16-15-10-3-2-4-17(10)11)14-12(18)8-5-9(13)19-6-8/h5-7H,2-4H2,1H3,(H,14,18)/t7-/m1/s1. The average molecular weight is 341 g/mol. The van der Waals surface area contributed by atoms with Gasteiger partial charge in [0.1, 0.15) is 5.82 Å². The molecule has 1 aliphatic heterocycles. The Bertz CT molecular complexity index is 621. The number of nitrogens with one attached hydrogen (secondary N) is 1. The number of carbonyl (C=O) groups excluding carboxylic acids is 1. The fraction of sp³-hybridized carbons (Fsp3) is 0.417. The van der Waals surface area contributed by atoms with Crippen LogP contribution in [-0.2, 0) is 13.0 Å². The van der Waals surface area contributed by atoms with Crippen LogP contribution in [0, 0.1) is 0 Å². The topological polar surface area (TPSA) is 59.8 Å². The van der Waals surface area contributed by atoms with E-state index in [1.807, 2.05) is 18.4 Å². The molecule has 1 aliphatic rings. The molecule has 2 aromatic rings. The van der Waals surface area contributed by atoms with Crippen molar-refractivity contribution in [1.82, 2.24) is 20.1 Å². The molecule has 0 saturated carbocycles. The number of hydrogen-bond acceptors (Lipinski definition) is 4. The molecule has 19 heavy (non-hydrogen) atoms. The van der Waals surface area contributed by atoms with Crippen LogP contribution in [0.15, 0.2) is 15.2 Å². The molecule has 0 aliphatic carbocycles. The monoisotopic (exact) mass is 340 g/mol. The van der Waals surface area contributed by atoms with Crippen LogP contribution in [0.2, 0.25) is 0 Å². The molecule has 3 rings (SSSR count). The Morgan fingerprint density at radius 2 is 2.42 bits per heavy atom. The van der Waals surface area contributed by atoms with Crippen molar-refractivity contribution in [1.29, 1.82) is 0 Å². The Hall–Kier alpha value is -1.21. The molecule has 0 bridgehead atoms. The van der Waals surface area contributed by atoms with E-state index >= 15 is 0 Å². The highest BCUT2D eigenvalue weighted by Crippen LogP contribution is 2.22. The number of thiophene rings is 1. The van der Waals surface area contributed by atoms with Crippen LogP contribution in [0.1, 0.15) is 41.4 Å². The molecule has 1 atom stereocenters. The van der Waals surface area contributed by atoms with Gasteiger partial charge in [-0.3, -0.25) is 4.79 Å². The number of rotatable bonds is 3. The summed E-state index contributed by atoms with van der Waals surface area (Å²) in [6, 6.07) is 1.69. The van der Waals surface area contributed by atoms with Crippen molar-refractivity contribution in [2.45, 2.75) is 32.4 Å². The zero-order chi connectivity index (χ0) is 13.4. The number of carbonyl (C=O) groups is 1. The number of hydrogen-bond donors (Lipinski definition) is 1. The molecule has 100 valence electrons. The zero-order valence-electron chi connectivity index (χ0n) is 10.4. The lowest BCUT2D eigenvalue weighted by Gasteiger charge is -2.13. The number of fused-ring (bicyclic) bond motifs is 1. The van der Waals surface area contributed by atoms with Crippen molar-refractivity contribution in [2.24, 2.45) is 0 Å². The minimum absolute atomic E-state index is 0.0789. The van der Waals surface area contributed by atoms with Crippen LogP contribution in [0.25, 0.3) is 0 Å². The van der Waals surface area contributed by atoms with Gasteiger partial charge in [0.05, 0.1) is 15.4 Å². The first-order valence-corrected chi connectivity index (χ1v) is 7.79. The number of halogens is 1. The Morgan fingerprint density at radius 1 is 1.58 bits per heavy atom. The van der Waals surface area contributed by atoms with E-state index in [0.717, 1.165) is 34.8 Å². The Labute approximate surface area is 123 Å². The summed E-state index contributed by atoms with van der Waals surface area (Å²) in [5.41, 5.74) is 0.671. The van der Waals surface area contributed by atoms with E-state index in [2.05, 4.69) is 36.0 Å². The third-order valence-electron chi connectivity index (χ3n) is 3.20. The molecule has 0 aromatic carbocycles. The Balaban J connectivity index is 1.74. The molecule has 7 heteroatoms. The average Bonchev–Trinajstić information content (AvgIpc) is 3.02. The van der Waals surface area contributed by atoms with Gasteiger partial charge in [-0.25, -0.2) is 0 Å². The lowest BCUT2D eigenvalue weighted by Crippen LogP contribution is -2.28. The SMILES string of the molecule is C[C@@H](NC(=O)c1csc(Br)c1)c1nnc2n1CCC2. The largest absolute Gasteiger partial charge is 0.342 e. The van der Waals surface area contributed by atoms with Gasteiger partial charge in [0, 0.05) is 18.3 Å². The van der Waals surface area contributed by atoms with Crippen molar-refractivity contribution >= 4 is 33.2 Å². The van der Waals surface area contributed by atoms with Crippen LogP contribution < -0.4 is 5.32 Å². The fourth-order valence-corrected chi connectivity index (χ4v) is 3.40. The Kier molecular flexibility index (Phi) is 3.40. The van der Waals surface area contributed by atoms with E-state index in [1.54, 1.807) is 0 Å². The molecule has 0 radical (unpaired) electrons. The smallest absolute Gasteiger partial charge is 0.252 e. The first-order valence-electron chi connectivity index (χ1n) is 6.12. The third kappa shape index (κ3) is 2.44. The third-order valence-corrected chi connectivity index (χ3v) is 4.71. The van der Waals surface area contributed by atoms with E-state index in [4.69, 9.17) is 0 Å². The molecule has 1 amide bonds. The van der Waals surface area contributed by atoms with Gasteiger partial charge in [0.15, 0.2) is 5.82 Å². The molecular weight excluding hydrogens is 328 g/mol. The molecular formula is C12H13BrN4OS. The van der Waals surface area contributed by atoms with Gasteiger partial charge < -0.3 is 9.88 Å². The molecule has 1 N–H and O–H groups in total. The van der Waals surface area contributed by atoms with E-state index in [1.165, 1.54) is 11.3 Å². The van der Waals surface area contributed by atoms with Crippen LogP contribution in [0.5, 0.6) is 0 Å². The first kappa shape index (κ1) is 12.8.